The van der Waals surface area contributed by atoms with Crippen molar-refractivity contribution in [1.29, 1.82) is 5.41 Å². The Kier molecular flexibility index (Phi) is 8.44. The molecule has 0 aliphatic rings. The van der Waals surface area contributed by atoms with Crippen molar-refractivity contribution in [2.75, 3.05) is 0 Å². The molecule has 0 saturated heterocycles. The van der Waals surface area contributed by atoms with Crippen molar-refractivity contribution in [2.24, 2.45) is 0 Å². The Balaban J connectivity index is 0.000000247. The first-order valence-electron chi connectivity index (χ1n) is 4.72. The third-order valence-electron chi connectivity index (χ3n) is 1.51. The number of aromatic hydroxyl groups is 2. The molecule has 0 bridgehead atoms. The van der Waals surface area contributed by atoms with Gasteiger partial charge in [-0.05, 0) is 24.3 Å². The molecular weight excluding hydrogens is 218 g/mol. The lowest BCUT2D eigenvalue weighted by Gasteiger charge is -1.82. The van der Waals surface area contributed by atoms with Crippen molar-refractivity contribution >= 4 is 6.08 Å². The van der Waals surface area contributed by atoms with Gasteiger partial charge in [-0.15, -0.1) is 0 Å². The molecule has 0 saturated carbocycles. The Bertz CT molecular complexity index is 385. The van der Waals surface area contributed by atoms with Crippen LogP contribution in [0.25, 0.3) is 0 Å². The molecule has 2 aromatic carbocycles. The minimum Gasteiger partial charge on any atom is -0.508 e. The molecule has 0 aliphatic heterocycles. The summed E-state index contributed by atoms with van der Waals surface area (Å²) >= 11 is 0. The Morgan fingerprint density at radius 3 is 1.12 bits per heavy atom. The number of benzene rings is 2. The smallest absolute Gasteiger partial charge is 0.231 e. The Labute approximate surface area is 99.3 Å². The molecular formula is C13H13NO3. The third-order valence-corrected chi connectivity index (χ3v) is 1.51. The molecule has 0 fully saturated rings. The number of hydrogen-bond donors (Lipinski definition) is 3. The van der Waals surface area contributed by atoms with E-state index in [0.29, 0.717) is 11.5 Å². The first-order valence-corrected chi connectivity index (χ1v) is 4.72. The molecule has 88 valence electrons. The lowest BCUT2D eigenvalue weighted by Crippen LogP contribution is -1.56. The van der Waals surface area contributed by atoms with Crippen LogP contribution in [0.3, 0.4) is 0 Å². The Morgan fingerprint density at radius 2 is 1.00 bits per heavy atom. The van der Waals surface area contributed by atoms with E-state index in [1.165, 1.54) is 0 Å². The number of rotatable bonds is 0. The number of phenolic OH excluding ortho intramolecular Hbond substituents is 2. The van der Waals surface area contributed by atoms with Gasteiger partial charge in [0.15, 0.2) is 0 Å². The van der Waals surface area contributed by atoms with Gasteiger partial charge in [-0.3, -0.25) is 0 Å². The van der Waals surface area contributed by atoms with E-state index in [9.17, 15) is 0 Å². The maximum atomic E-state index is 8.63. The molecule has 0 amide bonds. The summed E-state index contributed by atoms with van der Waals surface area (Å²) in [6, 6.07) is 17.4. The molecule has 3 N–H and O–H groups in total. The zero-order valence-corrected chi connectivity index (χ0v) is 9.08. The Morgan fingerprint density at radius 1 is 0.765 bits per heavy atom. The molecule has 0 atom stereocenters. The van der Waals surface area contributed by atoms with Gasteiger partial charge in [0.25, 0.3) is 0 Å². The van der Waals surface area contributed by atoms with Crippen LogP contribution in [-0.2, 0) is 4.79 Å². The highest BCUT2D eigenvalue weighted by molar-refractivity contribution is 5.26. The lowest BCUT2D eigenvalue weighted by atomic mass is 10.3. The van der Waals surface area contributed by atoms with Crippen LogP contribution in [0.2, 0.25) is 0 Å². The first kappa shape index (κ1) is 14.4. The van der Waals surface area contributed by atoms with E-state index in [0.717, 1.165) is 6.08 Å². The molecule has 4 nitrogen and oxygen atoms in total. The second-order valence-corrected chi connectivity index (χ2v) is 2.77. The van der Waals surface area contributed by atoms with Crippen molar-refractivity contribution in [1.82, 2.24) is 0 Å². The molecule has 17 heavy (non-hydrogen) atoms. The van der Waals surface area contributed by atoms with Crippen LogP contribution in [0.5, 0.6) is 11.5 Å². The number of carbonyl (C=O) groups excluding carboxylic acids is 1. The summed E-state index contributed by atoms with van der Waals surface area (Å²) in [6.07, 6.45) is 0.750. The van der Waals surface area contributed by atoms with Crippen LogP contribution in [-0.4, -0.2) is 16.3 Å². The lowest BCUT2D eigenvalue weighted by molar-refractivity contribution is 0.475. The molecule has 0 aliphatic carbocycles. The summed E-state index contributed by atoms with van der Waals surface area (Å²) in [5, 5.41) is 22.7. The van der Waals surface area contributed by atoms with Gasteiger partial charge in [0.05, 0.1) is 0 Å². The molecule has 0 heterocycles. The van der Waals surface area contributed by atoms with Crippen molar-refractivity contribution in [3.8, 4) is 11.5 Å². The minimum atomic E-state index is 0.322. The second kappa shape index (κ2) is 9.96. The SMILES string of the molecule is N=C=O.Oc1ccccc1.Oc1ccccc1. The van der Waals surface area contributed by atoms with Crippen LogP contribution in [0.15, 0.2) is 60.7 Å². The van der Waals surface area contributed by atoms with E-state index in [1.54, 1.807) is 48.5 Å². The molecule has 0 spiro atoms. The summed E-state index contributed by atoms with van der Waals surface area (Å²) in [5.74, 6) is 0.644. The quantitative estimate of drug-likeness (QED) is 0.481. The Hall–Kier alpha value is -2.58. The number of para-hydroxylation sites is 2. The van der Waals surface area contributed by atoms with Gasteiger partial charge in [0.2, 0.25) is 6.08 Å². The standard InChI is InChI=1S/2C6H6O.CHNO/c2*7-6-4-2-1-3-5-6;2-1-3/h2*1-5,7H;2H. The van der Waals surface area contributed by atoms with E-state index in [4.69, 9.17) is 20.4 Å². The number of isocyanates is 1. The maximum Gasteiger partial charge on any atom is 0.231 e. The minimum absolute atomic E-state index is 0.322. The zero-order chi connectivity index (χ0) is 12.9. The fourth-order valence-electron chi connectivity index (χ4n) is 0.856. The summed E-state index contributed by atoms with van der Waals surface area (Å²) in [6.45, 7) is 0. The second-order valence-electron chi connectivity index (χ2n) is 2.77. The van der Waals surface area contributed by atoms with Gasteiger partial charge in [-0.1, -0.05) is 36.4 Å². The number of nitrogens with one attached hydrogen (secondary N) is 1. The van der Waals surface area contributed by atoms with Gasteiger partial charge in [-0.2, -0.15) is 0 Å². The number of phenols is 2. The monoisotopic (exact) mass is 231 g/mol. The summed E-state index contributed by atoms with van der Waals surface area (Å²) in [7, 11) is 0. The third kappa shape index (κ3) is 9.72. The highest BCUT2D eigenvalue weighted by atomic mass is 16.3. The van der Waals surface area contributed by atoms with Crippen LogP contribution in [0, 0.1) is 5.41 Å². The summed E-state index contributed by atoms with van der Waals surface area (Å²) in [5.41, 5.74) is 0. The zero-order valence-electron chi connectivity index (χ0n) is 9.08. The van der Waals surface area contributed by atoms with E-state index in [-0.39, 0.29) is 0 Å². The molecule has 0 aromatic heterocycles. The van der Waals surface area contributed by atoms with Crippen LogP contribution < -0.4 is 0 Å². The van der Waals surface area contributed by atoms with Crippen molar-refractivity contribution in [2.45, 2.75) is 0 Å². The predicted molar refractivity (Wildman–Crippen MR) is 64.6 cm³/mol. The average molecular weight is 231 g/mol. The van der Waals surface area contributed by atoms with Gasteiger partial charge in [0.1, 0.15) is 11.5 Å². The average Bonchev–Trinajstić information content (AvgIpc) is 2.33. The highest BCUT2D eigenvalue weighted by Crippen LogP contribution is 2.03. The maximum absolute atomic E-state index is 8.63. The fraction of sp³-hybridized carbons (Fsp3) is 0. The van der Waals surface area contributed by atoms with Gasteiger partial charge >= 0.3 is 0 Å². The van der Waals surface area contributed by atoms with Crippen LogP contribution in [0.4, 0.5) is 0 Å². The molecule has 2 rings (SSSR count). The fourth-order valence-corrected chi connectivity index (χ4v) is 0.856. The van der Waals surface area contributed by atoms with E-state index >= 15 is 0 Å². The molecule has 0 radical (unpaired) electrons. The first-order chi connectivity index (χ1) is 8.20. The van der Waals surface area contributed by atoms with E-state index in [1.807, 2.05) is 12.1 Å². The largest absolute Gasteiger partial charge is 0.508 e. The van der Waals surface area contributed by atoms with E-state index < -0.39 is 0 Å². The van der Waals surface area contributed by atoms with Crippen molar-refractivity contribution in [3.63, 3.8) is 0 Å². The topological polar surface area (TPSA) is 81.4 Å². The number of hydrogen-bond acceptors (Lipinski definition) is 4. The normalized spacial score (nSPS) is 7.53. The van der Waals surface area contributed by atoms with Gasteiger partial charge in [-0.25, -0.2) is 10.2 Å². The summed E-state index contributed by atoms with van der Waals surface area (Å²) < 4.78 is 0. The van der Waals surface area contributed by atoms with Crippen LogP contribution >= 0.6 is 0 Å². The molecule has 0 unspecified atom stereocenters. The van der Waals surface area contributed by atoms with Crippen molar-refractivity contribution < 1.29 is 15.0 Å². The van der Waals surface area contributed by atoms with Crippen LogP contribution in [0.1, 0.15) is 0 Å². The molecule has 4 heteroatoms. The summed E-state index contributed by atoms with van der Waals surface area (Å²) in [4.78, 5) is 8.35. The van der Waals surface area contributed by atoms with Gasteiger partial charge < -0.3 is 10.2 Å². The van der Waals surface area contributed by atoms with Crippen molar-refractivity contribution in [3.05, 3.63) is 60.7 Å². The predicted octanol–water partition coefficient (Wildman–Crippen LogP) is 2.69. The molecule has 2 aromatic rings. The van der Waals surface area contributed by atoms with Gasteiger partial charge in [0, 0.05) is 0 Å². The van der Waals surface area contributed by atoms with E-state index in [2.05, 4.69) is 0 Å². The highest BCUT2D eigenvalue weighted by Gasteiger charge is 1.75.